The fraction of sp³-hybridized carbons (Fsp3) is 0.500. The minimum absolute atomic E-state index is 0.0351. The Kier molecular flexibility index (Phi) is 4.30. The van der Waals surface area contributed by atoms with Gasteiger partial charge in [0.15, 0.2) is 0 Å². The second-order valence-corrected chi connectivity index (χ2v) is 6.40. The summed E-state index contributed by atoms with van der Waals surface area (Å²) in [5.41, 5.74) is 0.944. The highest BCUT2D eigenvalue weighted by atomic mass is 32.2. The summed E-state index contributed by atoms with van der Waals surface area (Å²) in [5.74, 6) is 1.08. The highest BCUT2D eigenvalue weighted by molar-refractivity contribution is 8.01. The van der Waals surface area contributed by atoms with Crippen LogP contribution in [0.1, 0.15) is 31.4 Å². The number of carbonyl (C=O) groups is 1. The Hall–Kier alpha value is -1.00. The first kappa shape index (κ1) is 13.4. The van der Waals surface area contributed by atoms with Crippen LogP contribution in [-0.2, 0) is 4.79 Å². The highest BCUT2D eigenvalue weighted by Crippen LogP contribution is 2.38. The lowest BCUT2D eigenvalue weighted by Crippen LogP contribution is -2.43. The summed E-state index contributed by atoms with van der Waals surface area (Å²) in [6.07, 6.45) is 2.00. The van der Waals surface area contributed by atoms with Crippen molar-refractivity contribution in [3.8, 4) is 0 Å². The molecule has 98 valence electrons. The molecule has 1 aromatic rings. The van der Waals surface area contributed by atoms with E-state index in [0.29, 0.717) is 0 Å². The van der Waals surface area contributed by atoms with E-state index in [1.807, 2.05) is 37.3 Å². The van der Waals surface area contributed by atoms with E-state index in [1.54, 1.807) is 11.8 Å². The smallest absolute Gasteiger partial charge is 0.236 e. The van der Waals surface area contributed by atoms with Gasteiger partial charge in [-0.15, -0.1) is 11.8 Å². The van der Waals surface area contributed by atoms with Gasteiger partial charge in [0.2, 0.25) is 5.91 Å². The third kappa shape index (κ3) is 2.87. The van der Waals surface area contributed by atoms with Gasteiger partial charge in [0, 0.05) is 0 Å². The molecule has 1 aliphatic rings. The van der Waals surface area contributed by atoms with Gasteiger partial charge in [-0.2, -0.15) is 0 Å². The molecular weight excluding hydrogens is 246 g/mol. The molecule has 2 N–H and O–H groups in total. The zero-order chi connectivity index (χ0) is 13.0. The fourth-order valence-corrected chi connectivity index (χ4v) is 3.41. The van der Waals surface area contributed by atoms with Crippen molar-refractivity contribution in [3.05, 3.63) is 35.9 Å². The largest absolute Gasteiger partial charge is 0.394 e. The van der Waals surface area contributed by atoms with Gasteiger partial charge in [0.1, 0.15) is 0 Å². The number of nitrogens with one attached hydrogen (secondary N) is 1. The maximum atomic E-state index is 12.3. The number of aliphatic hydroxyl groups is 1. The van der Waals surface area contributed by atoms with Crippen molar-refractivity contribution >= 4 is 17.7 Å². The van der Waals surface area contributed by atoms with E-state index >= 15 is 0 Å². The molecule has 1 saturated heterocycles. The van der Waals surface area contributed by atoms with Crippen molar-refractivity contribution in [2.75, 3.05) is 12.4 Å². The van der Waals surface area contributed by atoms with Crippen molar-refractivity contribution in [3.63, 3.8) is 0 Å². The maximum absolute atomic E-state index is 12.3. The van der Waals surface area contributed by atoms with E-state index in [-0.39, 0.29) is 23.3 Å². The van der Waals surface area contributed by atoms with E-state index in [0.717, 1.165) is 24.2 Å². The van der Waals surface area contributed by atoms with Crippen molar-refractivity contribution in [1.29, 1.82) is 0 Å². The summed E-state index contributed by atoms with van der Waals surface area (Å²) in [7, 11) is 0. The van der Waals surface area contributed by atoms with Crippen molar-refractivity contribution < 1.29 is 9.90 Å². The van der Waals surface area contributed by atoms with E-state index in [4.69, 9.17) is 0 Å². The molecule has 1 heterocycles. The first-order valence-corrected chi connectivity index (χ1v) is 7.25. The fourth-order valence-electron chi connectivity index (χ4n) is 2.19. The molecule has 1 aliphatic heterocycles. The van der Waals surface area contributed by atoms with Gasteiger partial charge < -0.3 is 10.4 Å². The Labute approximate surface area is 112 Å². The molecule has 0 aromatic heterocycles. The summed E-state index contributed by atoms with van der Waals surface area (Å²) in [6.45, 7) is 1.91. The number of benzene rings is 1. The molecular formula is C14H19NO2S. The molecule has 1 amide bonds. The lowest BCUT2D eigenvalue weighted by atomic mass is 10.0. The number of hydrogen-bond acceptors (Lipinski definition) is 3. The van der Waals surface area contributed by atoms with Crippen LogP contribution in [0.4, 0.5) is 0 Å². The van der Waals surface area contributed by atoms with Crippen LogP contribution in [-0.4, -0.2) is 28.1 Å². The van der Waals surface area contributed by atoms with Gasteiger partial charge in [0.25, 0.3) is 0 Å². The predicted molar refractivity (Wildman–Crippen MR) is 74.5 cm³/mol. The normalized spacial score (nSPS) is 24.8. The number of hydrogen-bond donors (Lipinski definition) is 2. The van der Waals surface area contributed by atoms with Crippen LogP contribution < -0.4 is 5.32 Å². The predicted octanol–water partition coefficient (Wildman–Crippen LogP) is 2.12. The number of carbonyl (C=O) groups excluding carboxylic acids is 1. The second kappa shape index (κ2) is 5.76. The van der Waals surface area contributed by atoms with Crippen molar-refractivity contribution in [2.45, 2.75) is 30.6 Å². The van der Waals surface area contributed by atoms with E-state index in [2.05, 4.69) is 5.32 Å². The zero-order valence-electron chi connectivity index (χ0n) is 10.6. The SMILES string of the molecule is CC1(C(=O)N[C@H](CO)c2ccccc2)CCCS1. The van der Waals surface area contributed by atoms with E-state index < -0.39 is 0 Å². The highest BCUT2D eigenvalue weighted by Gasteiger charge is 2.38. The van der Waals surface area contributed by atoms with E-state index in [1.165, 1.54) is 0 Å². The standard InChI is InChI=1S/C14H19NO2S/c1-14(8-5-9-18-14)13(17)15-12(10-16)11-6-3-2-4-7-11/h2-4,6-7,12,16H,5,8-10H2,1H3,(H,15,17)/t12-,14?/m1/s1. The minimum Gasteiger partial charge on any atom is -0.394 e. The van der Waals surface area contributed by atoms with Crippen LogP contribution >= 0.6 is 11.8 Å². The summed E-state index contributed by atoms with van der Waals surface area (Å²) >= 11 is 1.71. The van der Waals surface area contributed by atoms with Gasteiger partial charge in [-0.3, -0.25) is 4.79 Å². The van der Waals surface area contributed by atoms with Crippen LogP contribution in [0.25, 0.3) is 0 Å². The molecule has 1 unspecified atom stereocenters. The first-order valence-electron chi connectivity index (χ1n) is 6.26. The number of rotatable bonds is 4. The van der Waals surface area contributed by atoms with Gasteiger partial charge in [-0.05, 0) is 31.1 Å². The van der Waals surface area contributed by atoms with Gasteiger partial charge in [0.05, 0.1) is 17.4 Å². The molecule has 18 heavy (non-hydrogen) atoms. The molecule has 1 aromatic carbocycles. The van der Waals surface area contributed by atoms with Crippen LogP contribution in [0, 0.1) is 0 Å². The van der Waals surface area contributed by atoms with Crippen LogP contribution in [0.5, 0.6) is 0 Å². The van der Waals surface area contributed by atoms with Crippen LogP contribution in [0.2, 0.25) is 0 Å². The molecule has 2 atom stereocenters. The topological polar surface area (TPSA) is 49.3 Å². The number of amides is 1. The molecule has 0 aliphatic carbocycles. The molecule has 3 nitrogen and oxygen atoms in total. The Morgan fingerprint density at radius 1 is 1.50 bits per heavy atom. The quantitative estimate of drug-likeness (QED) is 0.876. The molecule has 0 spiro atoms. The monoisotopic (exact) mass is 265 g/mol. The lowest BCUT2D eigenvalue weighted by molar-refractivity contribution is -0.124. The van der Waals surface area contributed by atoms with E-state index in [9.17, 15) is 9.90 Å². The van der Waals surface area contributed by atoms with Gasteiger partial charge in [-0.1, -0.05) is 30.3 Å². The zero-order valence-corrected chi connectivity index (χ0v) is 11.4. The lowest BCUT2D eigenvalue weighted by Gasteiger charge is -2.25. The molecule has 0 saturated carbocycles. The average Bonchev–Trinajstić information content (AvgIpc) is 2.85. The Morgan fingerprint density at radius 2 is 2.22 bits per heavy atom. The summed E-state index contributed by atoms with van der Waals surface area (Å²) in [6, 6.07) is 9.29. The third-order valence-electron chi connectivity index (χ3n) is 3.39. The molecule has 0 bridgehead atoms. The summed E-state index contributed by atoms with van der Waals surface area (Å²) < 4.78 is -0.331. The van der Waals surface area contributed by atoms with Crippen molar-refractivity contribution in [1.82, 2.24) is 5.32 Å². The second-order valence-electron chi connectivity index (χ2n) is 4.80. The average molecular weight is 265 g/mol. The Balaban J connectivity index is 2.05. The van der Waals surface area contributed by atoms with Crippen molar-refractivity contribution in [2.24, 2.45) is 0 Å². The molecule has 1 fully saturated rings. The summed E-state index contributed by atoms with van der Waals surface area (Å²) in [4.78, 5) is 12.3. The molecule has 2 rings (SSSR count). The van der Waals surface area contributed by atoms with Gasteiger partial charge >= 0.3 is 0 Å². The minimum atomic E-state index is -0.331. The molecule has 0 radical (unpaired) electrons. The Morgan fingerprint density at radius 3 is 2.78 bits per heavy atom. The first-order chi connectivity index (χ1) is 8.65. The molecule has 4 heteroatoms. The number of aliphatic hydroxyl groups excluding tert-OH is 1. The van der Waals surface area contributed by atoms with Crippen LogP contribution in [0.3, 0.4) is 0 Å². The van der Waals surface area contributed by atoms with Crippen LogP contribution in [0.15, 0.2) is 30.3 Å². The summed E-state index contributed by atoms with van der Waals surface area (Å²) in [5, 5.41) is 12.4. The number of thioether (sulfide) groups is 1. The Bertz CT molecular complexity index is 402. The maximum Gasteiger partial charge on any atom is 0.236 e. The van der Waals surface area contributed by atoms with Gasteiger partial charge in [-0.25, -0.2) is 0 Å². The third-order valence-corrected chi connectivity index (χ3v) is 4.91.